The molecule has 20 heteroatoms. The van der Waals surface area contributed by atoms with E-state index in [1.54, 1.807) is 38.0 Å². The van der Waals surface area contributed by atoms with Crippen molar-refractivity contribution in [1.29, 1.82) is 0 Å². The van der Waals surface area contributed by atoms with E-state index in [2.05, 4.69) is 69.8 Å². The van der Waals surface area contributed by atoms with Gasteiger partial charge in [0.1, 0.15) is 37.4 Å². The van der Waals surface area contributed by atoms with E-state index in [1.165, 1.54) is 9.80 Å². The molecule has 15 rings (SSSR count). The van der Waals surface area contributed by atoms with E-state index in [4.69, 9.17) is 9.47 Å². The number of likely N-dealkylation sites (N-methyl/N-ethyl adjacent to an activating group) is 4. The van der Waals surface area contributed by atoms with Gasteiger partial charge in [-0.2, -0.15) is 0 Å². The summed E-state index contributed by atoms with van der Waals surface area (Å²) in [4.78, 5) is 154. The zero-order valence-electron chi connectivity index (χ0n) is 61.5. The van der Waals surface area contributed by atoms with Gasteiger partial charge in [0.2, 0.25) is 47.3 Å². The van der Waals surface area contributed by atoms with Gasteiger partial charge in [-0.3, -0.25) is 47.9 Å². The number of carbonyl (C=O) groups is 10. The summed E-state index contributed by atoms with van der Waals surface area (Å²) in [6.07, 6.45) is 4.28. The number of rotatable bonds is 12. The summed E-state index contributed by atoms with van der Waals surface area (Å²) in [7, 11) is 6.61. The normalized spacial score (nSPS) is 25.4. The fraction of sp³-hybridized carbons (Fsp3) is 0.386. The molecule has 0 aromatic heterocycles. The number of carbonyl (C=O) groups excluding carboxylic acids is 10. The second-order valence-electron chi connectivity index (χ2n) is 31.0. The lowest BCUT2D eigenvalue weighted by atomic mass is 9.91. The minimum Gasteiger partial charge on any atom is -0.463 e. The number of nitrogens with one attached hydrogen (secondary N) is 4. The van der Waals surface area contributed by atoms with Crippen molar-refractivity contribution < 1.29 is 57.4 Å². The van der Waals surface area contributed by atoms with E-state index in [-0.39, 0.29) is 75.0 Å². The summed E-state index contributed by atoms with van der Waals surface area (Å²) in [5, 5.41) is 24.7. The first-order valence-corrected chi connectivity index (χ1v) is 38.3. The number of amides is 8. The van der Waals surface area contributed by atoms with Crippen LogP contribution < -0.4 is 21.3 Å². The minimum atomic E-state index is -1.33. The van der Waals surface area contributed by atoms with E-state index in [9.17, 15) is 28.8 Å². The largest absolute Gasteiger partial charge is 0.463 e. The third-order valence-electron chi connectivity index (χ3n) is 24.4. The number of fused-ring (bicyclic) bond motifs is 8. The van der Waals surface area contributed by atoms with Crippen LogP contribution in [0.1, 0.15) is 99.3 Å². The fourth-order valence-corrected chi connectivity index (χ4v) is 18.2. The van der Waals surface area contributed by atoms with Gasteiger partial charge in [0.15, 0.2) is 0 Å². The summed E-state index contributed by atoms with van der Waals surface area (Å²) in [5.41, 5.74) is 3.11. The van der Waals surface area contributed by atoms with Crippen molar-refractivity contribution in [2.75, 3.05) is 41.4 Å². The first-order chi connectivity index (χ1) is 52.3. The Hall–Kier alpha value is -11.0. The van der Waals surface area contributed by atoms with Crippen molar-refractivity contribution >= 4 is 124 Å². The van der Waals surface area contributed by atoms with Crippen LogP contribution in [0.25, 0.3) is 64.6 Å². The third kappa shape index (κ3) is 14.9. The Kier molecular flexibility index (Phi) is 20.9. The number of ether oxygens (including phenoxy) is 2. The molecule has 4 N–H and O–H groups in total. The monoisotopic (exact) mass is 1450 g/mol. The average Bonchev–Trinajstić information content (AvgIpc) is 1.58. The Morgan fingerprint density at radius 2 is 0.602 bits per heavy atom. The Morgan fingerprint density at radius 3 is 0.926 bits per heavy atom. The van der Waals surface area contributed by atoms with Gasteiger partial charge in [0, 0.05) is 88.9 Å². The van der Waals surface area contributed by atoms with Gasteiger partial charge >= 0.3 is 11.9 Å². The molecule has 4 saturated carbocycles. The fourth-order valence-electron chi connectivity index (χ4n) is 18.2. The molecule has 0 unspecified atom stereocenters. The molecule has 0 spiro atoms. The van der Waals surface area contributed by atoms with E-state index in [0.717, 1.165) is 86.9 Å². The smallest absolute Gasteiger partial charge is 0.310 e. The molecular formula is C88H92N8O12. The van der Waals surface area contributed by atoms with Crippen LogP contribution in [0.2, 0.25) is 0 Å². The van der Waals surface area contributed by atoms with Crippen molar-refractivity contribution in [2.24, 2.45) is 23.7 Å². The van der Waals surface area contributed by atoms with Crippen molar-refractivity contribution in [3.8, 4) is 0 Å². The molecular weight excluding hydrogens is 1360 g/mol. The van der Waals surface area contributed by atoms with Crippen molar-refractivity contribution in [2.45, 2.75) is 151 Å². The molecule has 4 aliphatic carbocycles. The van der Waals surface area contributed by atoms with E-state index < -0.39 is 121 Å². The first kappa shape index (κ1) is 72.5. The summed E-state index contributed by atoms with van der Waals surface area (Å²) in [5.74, 6) is -7.10. The maximum absolute atomic E-state index is 15.1. The van der Waals surface area contributed by atoms with Crippen molar-refractivity contribution in [3.05, 3.63) is 192 Å². The summed E-state index contributed by atoms with van der Waals surface area (Å²) in [6.45, 7) is -0.959. The van der Waals surface area contributed by atoms with Crippen molar-refractivity contribution in [1.82, 2.24) is 40.9 Å². The highest BCUT2D eigenvalue weighted by Crippen LogP contribution is 2.40. The molecule has 5 fully saturated rings. The van der Waals surface area contributed by atoms with E-state index >= 15 is 19.2 Å². The quantitative estimate of drug-likeness (QED) is 0.0659. The predicted molar refractivity (Wildman–Crippen MR) is 413 cm³/mol. The minimum absolute atomic E-state index is 0.106. The van der Waals surface area contributed by atoms with Gasteiger partial charge in [-0.25, -0.2) is 0 Å². The molecule has 8 amide bonds. The molecule has 108 heavy (non-hydrogen) atoms. The van der Waals surface area contributed by atoms with Crippen LogP contribution >= 0.6 is 0 Å². The molecule has 12 atom stereocenters. The van der Waals surface area contributed by atoms with Gasteiger partial charge in [-0.05, 0) is 164 Å². The van der Waals surface area contributed by atoms with Crippen LogP contribution in [0.3, 0.4) is 0 Å². The van der Waals surface area contributed by atoms with Crippen LogP contribution in [0.5, 0.6) is 0 Å². The van der Waals surface area contributed by atoms with Crippen molar-refractivity contribution in [3.63, 3.8) is 0 Å². The maximum atomic E-state index is 15.1. The highest BCUT2D eigenvalue weighted by molar-refractivity contribution is 6.25. The number of esters is 2. The standard InChI is InChI=1S/C88H92N8O12/c1-93-65-35-31-63(45-65)83(101)91-73(49-107-75(97)47-59-27-25-57-23-21-53-17-11-19-55-33-39-69(59)79(57)77(53)55)87(105)96(4)68-38-30-62(44-68)82(100)90-72(42-52-15-9-6-10-16-52)86(104)94(2)66-36-32-64(46-66)84(102)92-74(50-108-76(98)48-60-28-26-58-24-22-54-18-12-20-56-34-40-70(60)80(58)78(54)56)88(106)95(3)67-37-29-61(43-67)81(99)89-71(85(93)103)41-51-13-7-5-8-14-51/h5-28,33-34,39-40,61-68,71-74H,29-32,35-38,41-50H2,1-4H3,(H,89,99)(H,90,100)(H,91,101)(H,92,102)/t61-,62-,63-,64-,65+,66+,67+,68+,71-,72-,73-,74-/m1/s1. The molecule has 10 aromatic rings. The molecule has 5 aliphatic rings. The van der Waals surface area contributed by atoms with Gasteiger partial charge < -0.3 is 50.3 Å². The lowest BCUT2D eigenvalue weighted by molar-refractivity contribution is -0.149. The van der Waals surface area contributed by atoms with Gasteiger partial charge in [0.25, 0.3) is 0 Å². The maximum Gasteiger partial charge on any atom is 0.310 e. The third-order valence-corrected chi connectivity index (χ3v) is 24.4. The van der Waals surface area contributed by atoms with Crippen LogP contribution in [0, 0.1) is 23.7 Å². The molecule has 0 radical (unpaired) electrons. The Labute approximate surface area is 627 Å². The van der Waals surface area contributed by atoms with Crippen LogP contribution in [-0.4, -0.2) is 169 Å². The molecule has 10 aromatic carbocycles. The zero-order chi connectivity index (χ0) is 75.0. The first-order valence-electron chi connectivity index (χ1n) is 38.3. The van der Waals surface area contributed by atoms with Crippen LogP contribution in [0.4, 0.5) is 0 Å². The number of hydrogen-bond donors (Lipinski definition) is 4. The van der Waals surface area contributed by atoms with Gasteiger partial charge in [0.05, 0.1) is 12.8 Å². The van der Waals surface area contributed by atoms with Gasteiger partial charge in [-0.15, -0.1) is 0 Å². The highest BCUT2D eigenvalue weighted by atomic mass is 16.5. The number of benzene rings is 10. The Morgan fingerprint density at radius 1 is 0.324 bits per heavy atom. The molecule has 1 heterocycles. The average molecular weight is 1450 g/mol. The summed E-state index contributed by atoms with van der Waals surface area (Å²) in [6, 6.07) is 48.8. The topological polar surface area (TPSA) is 250 Å². The molecule has 556 valence electrons. The lowest BCUT2D eigenvalue weighted by Crippen LogP contribution is -2.54. The Bertz CT molecular complexity index is 4760. The molecule has 20 nitrogen and oxygen atoms in total. The zero-order valence-corrected chi connectivity index (χ0v) is 61.5. The van der Waals surface area contributed by atoms with E-state index in [0.29, 0.717) is 51.4 Å². The van der Waals surface area contributed by atoms with Crippen LogP contribution in [-0.2, 0) is 83.1 Å². The Balaban J connectivity index is 0.687. The predicted octanol–water partition coefficient (Wildman–Crippen LogP) is 10.3. The molecule has 1 aliphatic heterocycles. The van der Waals surface area contributed by atoms with Crippen LogP contribution in [0.15, 0.2) is 170 Å². The summed E-state index contributed by atoms with van der Waals surface area (Å²) < 4.78 is 12.1. The molecule has 1 saturated heterocycles. The highest BCUT2D eigenvalue weighted by Gasteiger charge is 2.44. The molecule has 8 bridgehead atoms. The lowest BCUT2D eigenvalue weighted by Gasteiger charge is -2.31. The second kappa shape index (κ2) is 31.1. The van der Waals surface area contributed by atoms with E-state index in [1.807, 2.05) is 121 Å². The number of nitrogens with zero attached hydrogens (tertiary/aromatic N) is 4. The summed E-state index contributed by atoms with van der Waals surface area (Å²) >= 11 is 0. The number of hydrogen-bond acceptors (Lipinski definition) is 12. The SMILES string of the molecule is CN1C(=O)[C@@H](COC(=O)Cc2ccc3ccc4cccc5ccc2c3c45)NC(=O)[C@@H]2CC[C@@H](C2)N(C)C(=O)[C@@H](Cc2ccccc2)NC(=O)[C@@H]2CC[C@@H](C2)N(C)C(=O)[C@@H](COC(=O)Cc2ccc3ccc4cccc5ccc2c3c45)NC(=O)[C@@H]2CC[C@@H](C2)N(C)C(=O)[C@@H](Cc2ccccc2)NC(=O)[C@@H]2CC[C@H]1C2. The van der Waals surface area contributed by atoms with Gasteiger partial charge in [-0.1, -0.05) is 170 Å². The second-order valence-corrected chi connectivity index (χ2v) is 31.0.